The first-order chi connectivity index (χ1) is 20.1. The lowest BCUT2D eigenvalue weighted by Gasteiger charge is -2.26. The highest BCUT2D eigenvalue weighted by atomic mass is 16.6. The number of non-ortho nitro benzene ring substituents is 1. The second kappa shape index (κ2) is 12.1. The molecule has 0 atom stereocenters. The van der Waals surface area contributed by atoms with E-state index in [1.807, 2.05) is 39.0 Å². The van der Waals surface area contributed by atoms with Crippen molar-refractivity contribution in [3.63, 3.8) is 0 Å². The number of ether oxygens (including phenoxy) is 2. The van der Waals surface area contributed by atoms with Crippen LogP contribution >= 0.6 is 0 Å². The Balaban J connectivity index is 1.40. The van der Waals surface area contributed by atoms with E-state index >= 15 is 0 Å². The van der Waals surface area contributed by atoms with Crippen LogP contribution in [0.5, 0.6) is 5.75 Å². The maximum absolute atomic E-state index is 13.5. The van der Waals surface area contributed by atoms with E-state index in [-0.39, 0.29) is 22.5 Å². The number of carbonyl (C=O) groups is 2. The van der Waals surface area contributed by atoms with E-state index in [9.17, 15) is 19.7 Å². The SMILES string of the molecule is CC(C)(C)c1cc(NC(=O)C(=O)c2ccc(OCCN3CCOCC3)c3ccccc23)n(-c2cccc([N+](=O)[O-])c2)n1. The first-order valence-corrected chi connectivity index (χ1v) is 13.8. The molecule has 1 fully saturated rings. The van der Waals surface area contributed by atoms with E-state index in [0.717, 1.165) is 25.0 Å². The van der Waals surface area contributed by atoms with Gasteiger partial charge in [0.2, 0.25) is 0 Å². The highest BCUT2D eigenvalue weighted by Gasteiger charge is 2.25. The number of nitrogens with zero attached hydrogens (tertiary/aromatic N) is 4. The molecule has 5 rings (SSSR count). The van der Waals surface area contributed by atoms with Crippen molar-refractivity contribution < 1.29 is 24.0 Å². The summed E-state index contributed by atoms with van der Waals surface area (Å²) in [6, 6.07) is 18.2. The van der Waals surface area contributed by atoms with Gasteiger partial charge in [0.15, 0.2) is 0 Å². The van der Waals surface area contributed by atoms with Crippen molar-refractivity contribution in [2.75, 3.05) is 44.8 Å². The average Bonchev–Trinajstić information content (AvgIpc) is 3.42. The van der Waals surface area contributed by atoms with Gasteiger partial charge in [0.1, 0.15) is 18.2 Å². The van der Waals surface area contributed by atoms with Crippen molar-refractivity contribution >= 4 is 34.0 Å². The van der Waals surface area contributed by atoms with Crippen LogP contribution in [0.1, 0.15) is 36.8 Å². The Morgan fingerprint density at radius 2 is 1.76 bits per heavy atom. The topological polar surface area (TPSA) is 129 Å². The van der Waals surface area contributed by atoms with Gasteiger partial charge in [0.25, 0.3) is 17.4 Å². The molecule has 42 heavy (non-hydrogen) atoms. The number of anilines is 1. The molecule has 0 radical (unpaired) electrons. The van der Waals surface area contributed by atoms with E-state index in [4.69, 9.17) is 9.47 Å². The normalized spacial score (nSPS) is 14.1. The Morgan fingerprint density at radius 3 is 2.48 bits per heavy atom. The molecular formula is C31H33N5O6. The van der Waals surface area contributed by atoms with Gasteiger partial charge in [-0.3, -0.25) is 24.6 Å². The highest BCUT2D eigenvalue weighted by molar-refractivity contribution is 6.48. The summed E-state index contributed by atoms with van der Waals surface area (Å²) in [6.45, 7) is 10.3. The van der Waals surface area contributed by atoms with E-state index in [0.29, 0.717) is 42.3 Å². The van der Waals surface area contributed by atoms with Crippen molar-refractivity contribution in [2.45, 2.75) is 26.2 Å². The molecule has 0 aliphatic carbocycles. The number of fused-ring (bicyclic) bond motifs is 1. The number of carbonyl (C=O) groups excluding carboxylic acids is 2. The number of benzene rings is 3. The van der Waals surface area contributed by atoms with Gasteiger partial charge in [-0.25, -0.2) is 4.68 Å². The second-order valence-corrected chi connectivity index (χ2v) is 11.1. The third-order valence-corrected chi connectivity index (χ3v) is 7.11. The van der Waals surface area contributed by atoms with Crippen LogP contribution in [-0.4, -0.2) is 70.7 Å². The summed E-state index contributed by atoms with van der Waals surface area (Å²) in [6.07, 6.45) is 0. The summed E-state index contributed by atoms with van der Waals surface area (Å²) in [5.74, 6) is -0.719. The molecule has 218 valence electrons. The molecule has 1 saturated heterocycles. The number of hydrogen-bond acceptors (Lipinski definition) is 8. The molecule has 0 saturated carbocycles. The van der Waals surface area contributed by atoms with Gasteiger partial charge in [0.05, 0.1) is 29.5 Å². The van der Waals surface area contributed by atoms with E-state index in [2.05, 4.69) is 15.3 Å². The Labute approximate surface area is 243 Å². The van der Waals surface area contributed by atoms with E-state index in [1.54, 1.807) is 36.4 Å². The lowest BCUT2D eigenvalue weighted by Crippen LogP contribution is -2.38. The Bertz CT molecular complexity index is 1630. The molecule has 3 aromatic carbocycles. The van der Waals surface area contributed by atoms with Crippen LogP contribution in [0.4, 0.5) is 11.5 Å². The number of Topliss-reactive ketones (excluding diaryl/α,β-unsaturated/α-hetero) is 1. The quantitative estimate of drug-likeness (QED) is 0.132. The average molecular weight is 572 g/mol. The fourth-order valence-corrected chi connectivity index (χ4v) is 4.77. The molecule has 1 aliphatic heterocycles. The predicted octanol–water partition coefficient (Wildman–Crippen LogP) is 4.76. The minimum absolute atomic E-state index is 0.118. The molecule has 1 amide bonds. The monoisotopic (exact) mass is 571 g/mol. The molecular weight excluding hydrogens is 538 g/mol. The van der Waals surface area contributed by atoms with Gasteiger partial charge >= 0.3 is 0 Å². The molecule has 4 aromatic rings. The summed E-state index contributed by atoms with van der Waals surface area (Å²) < 4.78 is 12.9. The Hall–Kier alpha value is -4.61. The summed E-state index contributed by atoms with van der Waals surface area (Å²) in [5, 5.41) is 20.0. The number of amides is 1. The van der Waals surface area contributed by atoms with Crippen LogP contribution in [0.3, 0.4) is 0 Å². The summed E-state index contributed by atoms with van der Waals surface area (Å²) in [5.41, 5.74) is 0.754. The Morgan fingerprint density at radius 1 is 1.02 bits per heavy atom. The smallest absolute Gasteiger partial charge is 0.297 e. The third kappa shape index (κ3) is 6.32. The number of nitrogens with one attached hydrogen (secondary N) is 1. The number of rotatable bonds is 9. The molecule has 11 heteroatoms. The Kier molecular flexibility index (Phi) is 8.32. The number of ketones is 1. The van der Waals surface area contributed by atoms with Gasteiger partial charge in [-0.05, 0) is 23.6 Å². The lowest BCUT2D eigenvalue weighted by atomic mass is 9.92. The number of nitro benzene ring substituents is 1. The van der Waals surface area contributed by atoms with E-state index in [1.165, 1.54) is 16.8 Å². The van der Waals surface area contributed by atoms with Gasteiger partial charge in [-0.15, -0.1) is 0 Å². The highest BCUT2D eigenvalue weighted by Crippen LogP contribution is 2.30. The van der Waals surface area contributed by atoms with Crippen LogP contribution in [0, 0.1) is 10.1 Å². The lowest BCUT2D eigenvalue weighted by molar-refractivity contribution is -0.384. The first-order valence-electron chi connectivity index (χ1n) is 13.8. The van der Waals surface area contributed by atoms with Crippen LogP contribution in [0.25, 0.3) is 16.5 Å². The number of nitro groups is 1. The second-order valence-electron chi connectivity index (χ2n) is 11.1. The van der Waals surface area contributed by atoms with E-state index < -0.39 is 16.6 Å². The maximum atomic E-state index is 13.5. The number of aromatic nitrogens is 2. The van der Waals surface area contributed by atoms with Crippen molar-refractivity contribution in [1.29, 1.82) is 0 Å². The van der Waals surface area contributed by atoms with Crippen LogP contribution in [0.15, 0.2) is 66.7 Å². The number of hydrogen-bond donors (Lipinski definition) is 1. The third-order valence-electron chi connectivity index (χ3n) is 7.11. The van der Waals surface area contributed by atoms with Crippen LogP contribution in [-0.2, 0) is 14.9 Å². The van der Waals surface area contributed by atoms with Crippen molar-refractivity contribution in [3.8, 4) is 11.4 Å². The van der Waals surface area contributed by atoms with Crippen LogP contribution < -0.4 is 10.1 Å². The van der Waals surface area contributed by atoms with Gasteiger partial charge in [-0.2, -0.15) is 5.10 Å². The molecule has 0 bridgehead atoms. The fourth-order valence-electron chi connectivity index (χ4n) is 4.77. The zero-order valence-corrected chi connectivity index (χ0v) is 23.8. The van der Waals surface area contributed by atoms with Gasteiger partial charge < -0.3 is 14.8 Å². The summed E-state index contributed by atoms with van der Waals surface area (Å²) in [7, 11) is 0. The van der Waals surface area contributed by atoms with Crippen LogP contribution in [0.2, 0.25) is 0 Å². The summed E-state index contributed by atoms with van der Waals surface area (Å²) >= 11 is 0. The van der Waals surface area contributed by atoms with Crippen molar-refractivity contribution in [1.82, 2.24) is 14.7 Å². The standard InChI is InChI=1S/C31H33N5O6/c1-31(2,3)27-20-28(35(33-27)21-7-6-8-22(19-21)36(39)40)32-30(38)29(37)25-11-12-26(24-10-5-4-9-23(24)25)42-18-15-34-13-16-41-17-14-34/h4-12,19-20H,13-18H2,1-3H3,(H,32,38). The maximum Gasteiger partial charge on any atom is 0.297 e. The number of morpholine rings is 1. The largest absolute Gasteiger partial charge is 0.492 e. The molecule has 0 spiro atoms. The molecule has 1 aromatic heterocycles. The fraction of sp³-hybridized carbons (Fsp3) is 0.323. The zero-order valence-electron chi connectivity index (χ0n) is 23.8. The van der Waals surface area contributed by atoms with Gasteiger partial charge in [0, 0.05) is 54.2 Å². The minimum Gasteiger partial charge on any atom is -0.492 e. The molecule has 11 nitrogen and oxygen atoms in total. The van der Waals surface area contributed by atoms with Crippen molar-refractivity contribution in [2.24, 2.45) is 0 Å². The summed E-state index contributed by atoms with van der Waals surface area (Å²) in [4.78, 5) is 40.0. The molecule has 0 unspecified atom stereocenters. The first kappa shape index (κ1) is 28.9. The minimum atomic E-state index is -0.854. The molecule has 2 heterocycles. The van der Waals surface area contributed by atoms with Gasteiger partial charge in [-0.1, -0.05) is 51.1 Å². The van der Waals surface area contributed by atoms with Crippen molar-refractivity contribution in [3.05, 3.63) is 88.1 Å². The molecule has 1 N–H and O–H groups in total. The zero-order chi connectivity index (χ0) is 29.9. The predicted molar refractivity (Wildman–Crippen MR) is 159 cm³/mol. The molecule has 1 aliphatic rings.